The Labute approximate surface area is 125 Å². The minimum Gasteiger partial charge on any atom is -0.443 e. The number of rotatable bonds is 3. The minimum atomic E-state index is -0.488. The van der Waals surface area contributed by atoms with Crippen molar-refractivity contribution in [2.45, 2.75) is 31.2 Å². The van der Waals surface area contributed by atoms with Gasteiger partial charge in [0.15, 0.2) is 0 Å². The summed E-state index contributed by atoms with van der Waals surface area (Å²) in [6, 6.07) is 9.92. The van der Waals surface area contributed by atoms with E-state index in [1.807, 2.05) is 51.1 Å². The zero-order valence-electron chi connectivity index (χ0n) is 10.7. The molecule has 0 aliphatic rings. The second-order valence-electron chi connectivity index (χ2n) is 4.90. The molecule has 0 aromatic heterocycles. The van der Waals surface area contributed by atoms with Crippen molar-refractivity contribution in [3.05, 3.63) is 35.9 Å². The third-order valence-corrected chi connectivity index (χ3v) is 3.47. The number of hydrogen-bond acceptors (Lipinski definition) is 2. The molecule has 1 unspecified atom stereocenters. The summed E-state index contributed by atoms with van der Waals surface area (Å²) in [4.78, 5) is 11.8. The van der Waals surface area contributed by atoms with Gasteiger partial charge in [0, 0.05) is 0 Å². The lowest BCUT2D eigenvalue weighted by atomic mass is 10.1. The van der Waals surface area contributed by atoms with Gasteiger partial charge in [-0.3, -0.25) is 0 Å². The van der Waals surface area contributed by atoms with Gasteiger partial charge in [-0.15, -0.1) is 0 Å². The number of nitrogens with zero attached hydrogens (tertiary/aromatic N) is 1. The van der Waals surface area contributed by atoms with Crippen LogP contribution in [0.1, 0.15) is 31.2 Å². The van der Waals surface area contributed by atoms with Gasteiger partial charge in [-0.25, -0.2) is 8.72 Å². The first-order chi connectivity index (χ1) is 8.29. The normalized spacial score (nSPS) is 12.9. The van der Waals surface area contributed by atoms with Crippen molar-refractivity contribution >= 4 is 38.2 Å². The van der Waals surface area contributed by atoms with E-state index < -0.39 is 5.60 Å². The van der Waals surface area contributed by atoms with Crippen LogP contribution in [0.5, 0.6) is 0 Å². The first kappa shape index (κ1) is 15.5. The van der Waals surface area contributed by atoms with Crippen LogP contribution in [0.4, 0.5) is 4.79 Å². The highest BCUT2D eigenvalue weighted by atomic mass is 79.9. The van der Waals surface area contributed by atoms with E-state index in [0.717, 1.165) is 5.56 Å². The van der Waals surface area contributed by atoms with Crippen molar-refractivity contribution in [2.75, 3.05) is 6.54 Å². The summed E-state index contributed by atoms with van der Waals surface area (Å²) in [6.07, 6.45) is -0.386. The summed E-state index contributed by atoms with van der Waals surface area (Å²) < 4.78 is 6.65. The average Bonchev–Trinajstić information content (AvgIpc) is 2.27. The van der Waals surface area contributed by atoms with E-state index in [9.17, 15) is 4.79 Å². The Morgan fingerprint density at radius 3 is 2.39 bits per heavy atom. The highest BCUT2D eigenvalue weighted by Crippen LogP contribution is 2.25. The summed E-state index contributed by atoms with van der Waals surface area (Å²) in [5.74, 6) is 0. The van der Waals surface area contributed by atoms with Crippen LogP contribution in [0.25, 0.3) is 0 Å². The number of carbonyl (C=O) groups excluding carboxylic acids is 1. The Kier molecular flexibility index (Phi) is 5.66. The standard InChI is InChI=1S/C13H17Br2NO2/c1-13(2,3)18-12(17)16(15)9-11(14)10-7-5-4-6-8-10/h4-8,11H,9H2,1-3H3. The third-order valence-electron chi connectivity index (χ3n) is 2.07. The van der Waals surface area contributed by atoms with E-state index in [1.54, 1.807) is 0 Å². The molecule has 0 saturated heterocycles. The van der Waals surface area contributed by atoms with E-state index in [-0.39, 0.29) is 10.9 Å². The highest BCUT2D eigenvalue weighted by Gasteiger charge is 2.22. The number of carbonyl (C=O) groups is 1. The van der Waals surface area contributed by atoms with E-state index >= 15 is 0 Å². The Hall–Kier alpha value is -0.550. The lowest BCUT2D eigenvalue weighted by molar-refractivity contribution is 0.0416. The number of benzene rings is 1. The molecule has 0 aliphatic heterocycles. The molecule has 0 saturated carbocycles. The Morgan fingerprint density at radius 2 is 1.89 bits per heavy atom. The first-order valence-corrected chi connectivity index (χ1v) is 7.27. The molecule has 100 valence electrons. The lowest BCUT2D eigenvalue weighted by Gasteiger charge is -2.24. The molecule has 0 aliphatic carbocycles. The molecule has 18 heavy (non-hydrogen) atoms. The second-order valence-corrected chi connectivity index (χ2v) is 6.86. The van der Waals surface area contributed by atoms with Crippen LogP contribution < -0.4 is 0 Å². The molecule has 0 radical (unpaired) electrons. The molecule has 5 heteroatoms. The molecule has 1 rings (SSSR count). The quantitative estimate of drug-likeness (QED) is 0.565. The predicted octanol–water partition coefficient (Wildman–Crippen LogP) is 4.67. The SMILES string of the molecule is CC(C)(C)OC(=O)N(Br)CC(Br)c1ccccc1. The molecule has 0 fully saturated rings. The van der Waals surface area contributed by atoms with Crippen molar-refractivity contribution in [3.8, 4) is 0 Å². The van der Waals surface area contributed by atoms with E-state index in [4.69, 9.17) is 4.74 Å². The van der Waals surface area contributed by atoms with Crippen molar-refractivity contribution in [3.63, 3.8) is 0 Å². The van der Waals surface area contributed by atoms with Gasteiger partial charge in [0.2, 0.25) is 0 Å². The largest absolute Gasteiger partial charge is 0.443 e. The molecular weight excluding hydrogens is 362 g/mol. The fraction of sp³-hybridized carbons (Fsp3) is 0.462. The van der Waals surface area contributed by atoms with Crippen LogP contribution in [0.3, 0.4) is 0 Å². The summed E-state index contributed by atoms with van der Waals surface area (Å²) in [7, 11) is 0. The van der Waals surface area contributed by atoms with Crippen LogP contribution in [-0.2, 0) is 4.74 Å². The maximum absolute atomic E-state index is 11.8. The summed E-state index contributed by atoms with van der Waals surface area (Å²) in [5, 5.41) is 0. The Bertz CT molecular complexity index is 390. The van der Waals surface area contributed by atoms with Gasteiger partial charge in [0.25, 0.3) is 0 Å². The van der Waals surface area contributed by atoms with Gasteiger partial charge < -0.3 is 4.74 Å². The van der Waals surface area contributed by atoms with Crippen LogP contribution in [0.2, 0.25) is 0 Å². The fourth-order valence-corrected chi connectivity index (χ4v) is 2.64. The van der Waals surface area contributed by atoms with Gasteiger partial charge >= 0.3 is 6.09 Å². The molecular formula is C13H17Br2NO2. The molecule has 0 bridgehead atoms. The third kappa shape index (κ3) is 5.40. The number of halogens is 2. The number of hydrogen-bond donors (Lipinski definition) is 0. The zero-order valence-corrected chi connectivity index (χ0v) is 13.9. The van der Waals surface area contributed by atoms with Crippen LogP contribution in [-0.4, -0.2) is 22.2 Å². The lowest BCUT2D eigenvalue weighted by Crippen LogP contribution is -2.32. The van der Waals surface area contributed by atoms with E-state index in [0.29, 0.717) is 6.54 Å². The second kappa shape index (κ2) is 6.57. The van der Waals surface area contributed by atoms with E-state index in [1.165, 1.54) is 3.93 Å². The van der Waals surface area contributed by atoms with Gasteiger partial charge in [-0.05, 0) is 26.3 Å². The van der Waals surface area contributed by atoms with Gasteiger partial charge in [-0.2, -0.15) is 0 Å². The average molecular weight is 379 g/mol. The van der Waals surface area contributed by atoms with Gasteiger partial charge in [-0.1, -0.05) is 46.3 Å². The van der Waals surface area contributed by atoms with Crippen LogP contribution in [0, 0.1) is 0 Å². The Balaban J connectivity index is 2.55. The van der Waals surface area contributed by atoms with Crippen molar-refractivity contribution in [1.29, 1.82) is 0 Å². The number of alkyl halides is 1. The summed E-state index contributed by atoms with van der Waals surface area (Å²) in [5.41, 5.74) is 0.628. The van der Waals surface area contributed by atoms with E-state index in [2.05, 4.69) is 32.1 Å². The highest BCUT2D eigenvalue weighted by molar-refractivity contribution is 9.09. The predicted molar refractivity (Wildman–Crippen MR) is 80.0 cm³/mol. The fourth-order valence-electron chi connectivity index (χ4n) is 1.29. The zero-order chi connectivity index (χ0) is 13.8. The molecule has 0 spiro atoms. The monoisotopic (exact) mass is 377 g/mol. The van der Waals surface area contributed by atoms with Crippen molar-refractivity contribution in [1.82, 2.24) is 3.93 Å². The molecule has 1 aromatic rings. The number of ether oxygens (including phenoxy) is 1. The van der Waals surface area contributed by atoms with Crippen molar-refractivity contribution < 1.29 is 9.53 Å². The Morgan fingerprint density at radius 1 is 1.33 bits per heavy atom. The summed E-state index contributed by atoms with van der Waals surface area (Å²) >= 11 is 6.78. The van der Waals surface area contributed by atoms with Crippen LogP contribution in [0.15, 0.2) is 30.3 Å². The van der Waals surface area contributed by atoms with Crippen molar-refractivity contribution in [2.24, 2.45) is 0 Å². The molecule has 0 N–H and O–H groups in total. The smallest absolute Gasteiger partial charge is 0.420 e. The summed E-state index contributed by atoms with van der Waals surface area (Å²) in [6.45, 7) is 6.01. The van der Waals surface area contributed by atoms with Gasteiger partial charge in [0.05, 0.1) is 27.5 Å². The maximum atomic E-state index is 11.8. The molecule has 1 amide bonds. The maximum Gasteiger partial charge on any atom is 0.420 e. The molecule has 1 aromatic carbocycles. The first-order valence-electron chi connectivity index (χ1n) is 5.65. The molecule has 0 heterocycles. The van der Waals surface area contributed by atoms with Crippen LogP contribution >= 0.6 is 32.1 Å². The molecule has 1 atom stereocenters. The minimum absolute atomic E-state index is 0.0607. The topological polar surface area (TPSA) is 29.5 Å². The van der Waals surface area contributed by atoms with Gasteiger partial charge in [0.1, 0.15) is 5.60 Å². The number of amides is 1. The molecule has 3 nitrogen and oxygen atoms in total.